The normalized spacial score (nSPS) is 11.8. The third-order valence-electron chi connectivity index (χ3n) is 3.34. The van der Waals surface area contributed by atoms with Crippen LogP contribution < -0.4 is 14.8 Å². The van der Waals surface area contributed by atoms with Crippen LogP contribution >= 0.6 is 11.3 Å². The lowest BCUT2D eigenvalue weighted by atomic mass is 10.3. The molecule has 1 atom stereocenters. The second-order valence-electron chi connectivity index (χ2n) is 5.37. The van der Waals surface area contributed by atoms with Crippen LogP contribution in [0.5, 0.6) is 11.5 Å². The van der Waals surface area contributed by atoms with Crippen LogP contribution in [0.15, 0.2) is 24.3 Å². The summed E-state index contributed by atoms with van der Waals surface area (Å²) in [6.07, 6.45) is -0.509. The number of carbonyl (C=O) groups excluding carboxylic acids is 1. The van der Waals surface area contributed by atoms with E-state index in [-0.39, 0.29) is 25.5 Å². The van der Waals surface area contributed by atoms with E-state index in [1.54, 1.807) is 19.2 Å². The van der Waals surface area contributed by atoms with E-state index in [2.05, 4.69) is 10.3 Å². The number of aliphatic hydroxyl groups excluding tert-OH is 1. The molecular weight excluding hydrogens is 328 g/mol. The van der Waals surface area contributed by atoms with Crippen LogP contribution in [0, 0.1) is 13.8 Å². The molecule has 0 saturated carbocycles. The molecule has 1 amide bonds. The third kappa shape index (κ3) is 5.50. The first-order valence-electron chi connectivity index (χ1n) is 7.62. The summed E-state index contributed by atoms with van der Waals surface area (Å²) in [6.45, 7) is 4.04. The summed E-state index contributed by atoms with van der Waals surface area (Å²) in [5.41, 5.74) is 0.884. The second kappa shape index (κ2) is 8.65. The van der Waals surface area contributed by atoms with Crippen molar-refractivity contribution in [3.63, 3.8) is 0 Å². The van der Waals surface area contributed by atoms with E-state index in [1.165, 1.54) is 11.3 Å². The fourth-order valence-corrected chi connectivity index (χ4v) is 3.06. The van der Waals surface area contributed by atoms with Gasteiger partial charge in [0.1, 0.15) is 24.2 Å². The Balaban J connectivity index is 1.73. The summed E-state index contributed by atoms with van der Waals surface area (Å²) in [7, 11) is 1.58. The van der Waals surface area contributed by atoms with Gasteiger partial charge >= 0.3 is 0 Å². The van der Waals surface area contributed by atoms with Gasteiger partial charge in [0, 0.05) is 17.5 Å². The van der Waals surface area contributed by atoms with Crippen molar-refractivity contribution in [3.05, 3.63) is 39.8 Å². The van der Waals surface area contributed by atoms with Crippen molar-refractivity contribution < 1.29 is 19.4 Å². The number of aromatic nitrogens is 1. The second-order valence-corrected chi connectivity index (χ2v) is 6.65. The number of rotatable bonds is 8. The molecule has 1 aromatic carbocycles. The SMILES string of the molecule is COc1cccc(OC[C@H](O)CNC(=O)Cc2sc(C)nc2C)c1. The minimum atomic E-state index is -0.788. The molecule has 0 spiro atoms. The van der Waals surface area contributed by atoms with Gasteiger partial charge in [-0.05, 0) is 26.0 Å². The molecular formula is C17H22N2O4S. The number of hydrogen-bond acceptors (Lipinski definition) is 6. The average molecular weight is 350 g/mol. The molecule has 0 aliphatic carbocycles. The summed E-state index contributed by atoms with van der Waals surface area (Å²) >= 11 is 1.52. The number of nitrogens with zero attached hydrogens (tertiary/aromatic N) is 1. The number of aryl methyl sites for hydroxylation is 2. The molecule has 1 aromatic heterocycles. The van der Waals surface area contributed by atoms with Gasteiger partial charge in [0.2, 0.25) is 5.91 Å². The highest BCUT2D eigenvalue weighted by atomic mass is 32.1. The maximum absolute atomic E-state index is 11.9. The van der Waals surface area contributed by atoms with E-state index < -0.39 is 6.10 Å². The Kier molecular flexibility index (Phi) is 6.57. The number of methoxy groups -OCH3 is 1. The Morgan fingerprint density at radius 1 is 1.38 bits per heavy atom. The Bertz CT molecular complexity index is 687. The van der Waals surface area contributed by atoms with E-state index in [4.69, 9.17) is 9.47 Å². The summed E-state index contributed by atoms with van der Waals surface area (Å²) in [6, 6.07) is 7.14. The van der Waals surface area contributed by atoms with Gasteiger partial charge in [-0.15, -0.1) is 11.3 Å². The van der Waals surface area contributed by atoms with E-state index in [0.29, 0.717) is 11.5 Å². The summed E-state index contributed by atoms with van der Waals surface area (Å²) in [5, 5.41) is 13.6. The first kappa shape index (κ1) is 18.2. The fourth-order valence-electron chi connectivity index (χ4n) is 2.12. The van der Waals surface area contributed by atoms with Crippen LogP contribution in [-0.2, 0) is 11.2 Å². The zero-order valence-corrected chi connectivity index (χ0v) is 14.9. The van der Waals surface area contributed by atoms with Crippen molar-refractivity contribution in [3.8, 4) is 11.5 Å². The smallest absolute Gasteiger partial charge is 0.225 e. The highest BCUT2D eigenvalue weighted by Gasteiger charge is 2.12. The molecule has 0 unspecified atom stereocenters. The highest BCUT2D eigenvalue weighted by Crippen LogP contribution is 2.19. The maximum atomic E-state index is 11.9. The number of amides is 1. The van der Waals surface area contributed by atoms with Gasteiger partial charge in [-0.2, -0.15) is 0 Å². The molecule has 0 aliphatic rings. The predicted octanol–water partition coefficient (Wildman–Crippen LogP) is 1.87. The van der Waals surface area contributed by atoms with Gasteiger partial charge in [0.05, 0.1) is 24.2 Å². The first-order chi connectivity index (χ1) is 11.5. The highest BCUT2D eigenvalue weighted by molar-refractivity contribution is 7.11. The summed E-state index contributed by atoms with van der Waals surface area (Å²) in [5.74, 6) is 1.16. The summed E-state index contributed by atoms with van der Waals surface area (Å²) in [4.78, 5) is 17.2. The zero-order chi connectivity index (χ0) is 17.5. The molecule has 24 heavy (non-hydrogen) atoms. The van der Waals surface area contributed by atoms with Crippen molar-refractivity contribution in [2.75, 3.05) is 20.3 Å². The molecule has 0 aliphatic heterocycles. The lowest BCUT2D eigenvalue weighted by molar-refractivity contribution is -0.120. The molecule has 2 rings (SSSR count). The topological polar surface area (TPSA) is 80.7 Å². The molecule has 2 N–H and O–H groups in total. The molecule has 0 radical (unpaired) electrons. The van der Waals surface area contributed by atoms with Crippen molar-refractivity contribution in [2.45, 2.75) is 26.4 Å². The zero-order valence-electron chi connectivity index (χ0n) is 14.0. The van der Waals surface area contributed by atoms with Crippen LogP contribution in [-0.4, -0.2) is 42.4 Å². The minimum Gasteiger partial charge on any atom is -0.497 e. The molecule has 0 bridgehead atoms. The van der Waals surface area contributed by atoms with Gasteiger partial charge in [-0.1, -0.05) is 6.07 Å². The van der Waals surface area contributed by atoms with E-state index in [0.717, 1.165) is 15.6 Å². The molecule has 0 fully saturated rings. The standard InChI is InChI=1S/C17H22N2O4S/c1-11-16(24-12(2)19-11)8-17(21)18-9-13(20)10-23-15-6-4-5-14(7-15)22-3/h4-7,13,20H,8-10H2,1-3H3,(H,18,21)/t13-/m1/s1. The molecule has 2 aromatic rings. The largest absolute Gasteiger partial charge is 0.497 e. The number of benzene rings is 1. The maximum Gasteiger partial charge on any atom is 0.225 e. The number of aliphatic hydroxyl groups is 1. The molecule has 1 heterocycles. The van der Waals surface area contributed by atoms with Crippen LogP contribution in [0.4, 0.5) is 0 Å². The van der Waals surface area contributed by atoms with Crippen molar-refractivity contribution in [1.29, 1.82) is 0 Å². The van der Waals surface area contributed by atoms with Crippen molar-refractivity contribution >= 4 is 17.2 Å². The third-order valence-corrected chi connectivity index (χ3v) is 4.41. The number of ether oxygens (including phenoxy) is 2. The Labute approximate surface area is 145 Å². The van der Waals surface area contributed by atoms with E-state index in [9.17, 15) is 9.90 Å². The van der Waals surface area contributed by atoms with Crippen LogP contribution in [0.2, 0.25) is 0 Å². The number of carbonyl (C=O) groups is 1. The number of nitrogens with one attached hydrogen (secondary N) is 1. The Hall–Kier alpha value is -2.12. The minimum absolute atomic E-state index is 0.0894. The summed E-state index contributed by atoms with van der Waals surface area (Å²) < 4.78 is 10.6. The lowest BCUT2D eigenvalue weighted by Gasteiger charge is -2.13. The van der Waals surface area contributed by atoms with Crippen molar-refractivity contribution in [1.82, 2.24) is 10.3 Å². The monoisotopic (exact) mass is 350 g/mol. The number of thiazole rings is 1. The van der Waals surface area contributed by atoms with E-state index >= 15 is 0 Å². The van der Waals surface area contributed by atoms with E-state index in [1.807, 2.05) is 26.0 Å². The molecule has 130 valence electrons. The number of hydrogen-bond donors (Lipinski definition) is 2. The molecule has 7 heteroatoms. The fraction of sp³-hybridized carbons (Fsp3) is 0.412. The van der Waals surface area contributed by atoms with Gasteiger partial charge < -0.3 is 19.9 Å². The predicted molar refractivity (Wildman–Crippen MR) is 92.8 cm³/mol. The molecule has 6 nitrogen and oxygen atoms in total. The Morgan fingerprint density at radius 2 is 2.12 bits per heavy atom. The van der Waals surface area contributed by atoms with Gasteiger partial charge in [-0.3, -0.25) is 4.79 Å². The van der Waals surface area contributed by atoms with Crippen LogP contribution in [0.25, 0.3) is 0 Å². The lowest BCUT2D eigenvalue weighted by Crippen LogP contribution is -2.36. The van der Waals surface area contributed by atoms with Crippen LogP contribution in [0.3, 0.4) is 0 Å². The quantitative estimate of drug-likeness (QED) is 0.760. The van der Waals surface area contributed by atoms with Crippen molar-refractivity contribution in [2.24, 2.45) is 0 Å². The van der Waals surface area contributed by atoms with Crippen LogP contribution in [0.1, 0.15) is 15.6 Å². The van der Waals surface area contributed by atoms with Gasteiger partial charge in [0.15, 0.2) is 0 Å². The first-order valence-corrected chi connectivity index (χ1v) is 8.44. The van der Waals surface area contributed by atoms with Gasteiger partial charge in [-0.25, -0.2) is 4.98 Å². The average Bonchev–Trinajstić information content (AvgIpc) is 2.88. The Morgan fingerprint density at radius 3 is 2.79 bits per heavy atom. The van der Waals surface area contributed by atoms with Gasteiger partial charge in [0.25, 0.3) is 0 Å². The molecule has 0 saturated heterocycles.